The molecule has 4 amide bonds. The van der Waals surface area contributed by atoms with Crippen molar-refractivity contribution in [3.8, 4) is 0 Å². The number of urea groups is 1. The smallest absolute Gasteiger partial charge is 0.363 e. The van der Waals surface area contributed by atoms with Crippen LogP contribution in [0, 0.1) is 5.92 Å². The van der Waals surface area contributed by atoms with E-state index in [0.717, 1.165) is 26.7 Å². The van der Waals surface area contributed by atoms with Crippen molar-refractivity contribution in [2.75, 3.05) is 20.1 Å². The highest BCUT2D eigenvalue weighted by Gasteiger charge is 2.48. The predicted octanol–water partition coefficient (Wildman–Crippen LogP) is 4.10. The molecule has 0 aromatic carbocycles. The number of rotatable bonds is 13. The quantitative estimate of drug-likeness (QED) is 0.185. The van der Waals surface area contributed by atoms with E-state index >= 15 is 0 Å². The standard InChI is InChI=1S/C16H28F3N3O3.C7H15N.C3H5NO2.C2H6/c1-6-9-11(10-23)22(8-3)13(24)12(7-2)20-14(25)21-15(4,5)16(17,18)19;1-8-6-5-7-3-2-4-7;1-2(5)3(4)6;1-2/h10-12H,6-9H2,1-5H3,(H2,20,21,25);7-8H,2-6H2,1H3;1H3,(H2,4,6);1-2H3. The van der Waals surface area contributed by atoms with E-state index in [1.54, 1.807) is 13.8 Å². The van der Waals surface area contributed by atoms with Gasteiger partial charge in [-0.15, -0.1) is 0 Å². The highest BCUT2D eigenvalue weighted by Crippen LogP contribution is 2.29. The number of nitrogens with one attached hydrogen (secondary N) is 3. The molecule has 0 bridgehead atoms. The van der Waals surface area contributed by atoms with Crippen molar-refractivity contribution in [3.63, 3.8) is 0 Å². The molecule has 13 heteroatoms. The number of Topliss-reactive ketones (excluding diaryl/α,β-unsaturated/α-hetero) is 1. The van der Waals surface area contributed by atoms with E-state index in [0.29, 0.717) is 19.1 Å². The van der Waals surface area contributed by atoms with Gasteiger partial charge in [-0.1, -0.05) is 53.4 Å². The molecule has 1 aliphatic rings. The van der Waals surface area contributed by atoms with E-state index in [2.05, 4.69) is 16.4 Å². The number of likely N-dealkylation sites (N-methyl/N-ethyl adjacent to an activating group) is 1. The molecule has 41 heavy (non-hydrogen) atoms. The van der Waals surface area contributed by atoms with Crippen molar-refractivity contribution < 1.29 is 37.1 Å². The Labute approximate surface area is 244 Å². The number of alkyl halides is 3. The number of primary amides is 1. The van der Waals surface area contributed by atoms with Gasteiger partial charge in [0.15, 0.2) is 0 Å². The van der Waals surface area contributed by atoms with Crippen LogP contribution < -0.4 is 21.7 Å². The summed E-state index contributed by atoms with van der Waals surface area (Å²) in [6.07, 6.45) is 3.26. The zero-order valence-corrected chi connectivity index (χ0v) is 26.4. The second-order valence-electron chi connectivity index (χ2n) is 9.91. The Hall–Kier alpha value is -2.70. The van der Waals surface area contributed by atoms with Crippen LogP contribution in [0.1, 0.15) is 100 Å². The Morgan fingerprint density at radius 1 is 1.07 bits per heavy atom. The number of ketones is 1. The van der Waals surface area contributed by atoms with E-state index in [1.807, 2.05) is 33.1 Å². The van der Waals surface area contributed by atoms with Crippen molar-refractivity contribution >= 4 is 29.9 Å². The molecule has 0 aromatic heterocycles. The summed E-state index contributed by atoms with van der Waals surface area (Å²) >= 11 is 0. The highest BCUT2D eigenvalue weighted by atomic mass is 19.4. The Morgan fingerprint density at radius 3 is 1.88 bits per heavy atom. The van der Waals surface area contributed by atoms with Crippen molar-refractivity contribution in [2.45, 2.75) is 124 Å². The first-order valence-corrected chi connectivity index (χ1v) is 14.4. The summed E-state index contributed by atoms with van der Waals surface area (Å²) in [5.74, 6) is -0.900. The van der Waals surface area contributed by atoms with Gasteiger partial charge in [0, 0.05) is 13.5 Å². The number of carbonyl (C=O) groups is 5. The van der Waals surface area contributed by atoms with Crippen LogP contribution in [0.2, 0.25) is 0 Å². The van der Waals surface area contributed by atoms with Gasteiger partial charge in [0.25, 0.3) is 5.91 Å². The van der Waals surface area contributed by atoms with Gasteiger partial charge < -0.3 is 31.4 Å². The molecule has 1 rings (SSSR count). The maximum absolute atomic E-state index is 12.8. The van der Waals surface area contributed by atoms with Crippen LogP contribution in [0.25, 0.3) is 0 Å². The van der Waals surface area contributed by atoms with E-state index in [4.69, 9.17) is 0 Å². The first-order chi connectivity index (χ1) is 19.0. The molecule has 242 valence electrons. The van der Waals surface area contributed by atoms with Crippen LogP contribution in [-0.4, -0.2) is 78.8 Å². The third kappa shape index (κ3) is 18.4. The summed E-state index contributed by atoms with van der Waals surface area (Å²) in [6.45, 7) is 13.5. The molecular weight excluding hydrogens is 543 g/mol. The molecule has 0 saturated heterocycles. The lowest BCUT2D eigenvalue weighted by atomic mass is 9.83. The molecule has 0 radical (unpaired) electrons. The van der Waals surface area contributed by atoms with Crippen LogP contribution in [0.4, 0.5) is 18.0 Å². The summed E-state index contributed by atoms with van der Waals surface area (Å²) in [6, 6.07) is -2.71. The van der Waals surface area contributed by atoms with Crippen LogP contribution in [0.3, 0.4) is 0 Å². The average molecular weight is 598 g/mol. The summed E-state index contributed by atoms with van der Waals surface area (Å²) in [4.78, 5) is 56.3. The fraction of sp³-hybridized carbons (Fsp3) is 0.821. The van der Waals surface area contributed by atoms with Gasteiger partial charge in [-0.3, -0.25) is 14.4 Å². The molecule has 1 aliphatic carbocycles. The predicted molar refractivity (Wildman–Crippen MR) is 155 cm³/mol. The molecule has 2 atom stereocenters. The third-order valence-corrected chi connectivity index (χ3v) is 6.29. The zero-order chi connectivity index (χ0) is 32.8. The minimum atomic E-state index is -4.63. The number of aldehydes is 1. The zero-order valence-electron chi connectivity index (χ0n) is 26.4. The average Bonchev–Trinajstić information content (AvgIpc) is 2.87. The van der Waals surface area contributed by atoms with E-state index < -0.39 is 47.4 Å². The minimum absolute atomic E-state index is 0.187. The number of hydrogen-bond acceptors (Lipinski definition) is 6. The van der Waals surface area contributed by atoms with Crippen molar-refractivity contribution in [2.24, 2.45) is 11.7 Å². The largest absolute Gasteiger partial charge is 0.411 e. The maximum Gasteiger partial charge on any atom is 0.411 e. The molecule has 5 N–H and O–H groups in total. The lowest BCUT2D eigenvalue weighted by molar-refractivity contribution is -0.182. The SMILES string of the molecule is CC.CC(=O)C(N)=O.CCCC(C=O)N(CC)C(=O)C(CC)NC(=O)NC(C)(C)C(F)(F)F.CNCCC1CCC1. The Balaban J connectivity index is -0.000000726. The molecule has 2 unspecified atom stereocenters. The van der Waals surface area contributed by atoms with E-state index in [-0.39, 0.29) is 13.0 Å². The number of nitrogens with two attached hydrogens (primary N) is 1. The van der Waals surface area contributed by atoms with E-state index in [1.165, 1.54) is 37.1 Å². The van der Waals surface area contributed by atoms with Crippen LogP contribution in [0.5, 0.6) is 0 Å². The Morgan fingerprint density at radius 2 is 1.59 bits per heavy atom. The summed E-state index contributed by atoms with van der Waals surface area (Å²) in [5, 5.41) is 7.27. The summed E-state index contributed by atoms with van der Waals surface area (Å²) < 4.78 is 38.5. The lowest BCUT2D eigenvalue weighted by Crippen LogP contribution is -2.60. The number of carbonyl (C=O) groups excluding carboxylic acids is 5. The second kappa shape index (κ2) is 22.9. The Kier molecular flexibility index (Phi) is 23.9. The van der Waals surface area contributed by atoms with Crippen molar-refractivity contribution in [1.29, 1.82) is 0 Å². The molecule has 1 fully saturated rings. The van der Waals surface area contributed by atoms with Gasteiger partial charge in [-0.2, -0.15) is 13.2 Å². The van der Waals surface area contributed by atoms with Gasteiger partial charge in [0.1, 0.15) is 17.9 Å². The lowest BCUT2D eigenvalue weighted by Gasteiger charge is -2.32. The van der Waals surface area contributed by atoms with Crippen molar-refractivity contribution in [3.05, 3.63) is 0 Å². The molecule has 0 aromatic rings. The monoisotopic (exact) mass is 597 g/mol. The molecule has 0 heterocycles. The van der Waals surface area contributed by atoms with Crippen LogP contribution >= 0.6 is 0 Å². The van der Waals surface area contributed by atoms with Gasteiger partial charge in [0.05, 0.1) is 6.04 Å². The first-order valence-electron chi connectivity index (χ1n) is 14.4. The molecule has 0 spiro atoms. The Bertz CT molecular complexity index is 763. The van der Waals surface area contributed by atoms with E-state index in [9.17, 15) is 37.1 Å². The normalized spacial score (nSPS) is 14.0. The van der Waals surface area contributed by atoms with Gasteiger partial charge >= 0.3 is 12.2 Å². The van der Waals surface area contributed by atoms with Gasteiger partial charge in [0.2, 0.25) is 11.7 Å². The fourth-order valence-corrected chi connectivity index (χ4v) is 3.36. The van der Waals surface area contributed by atoms with Crippen LogP contribution in [0.15, 0.2) is 0 Å². The molecule has 10 nitrogen and oxygen atoms in total. The molecule has 0 aliphatic heterocycles. The minimum Gasteiger partial charge on any atom is -0.363 e. The number of hydrogen-bond donors (Lipinski definition) is 4. The van der Waals surface area contributed by atoms with Crippen LogP contribution in [-0.2, 0) is 19.2 Å². The fourth-order valence-electron chi connectivity index (χ4n) is 3.36. The first kappa shape index (κ1) is 42.8. The number of nitrogens with zero attached hydrogens (tertiary/aromatic N) is 1. The molecule has 1 saturated carbocycles. The van der Waals surface area contributed by atoms with Gasteiger partial charge in [-0.05, 0) is 59.5 Å². The number of amides is 4. The summed E-state index contributed by atoms with van der Waals surface area (Å²) in [7, 11) is 2.03. The maximum atomic E-state index is 12.8. The summed E-state index contributed by atoms with van der Waals surface area (Å²) in [5.41, 5.74) is 2.01. The molecular formula is C28H54F3N5O5. The number of halogens is 3. The highest BCUT2D eigenvalue weighted by molar-refractivity contribution is 6.34. The van der Waals surface area contributed by atoms with Gasteiger partial charge in [-0.25, -0.2) is 4.79 Å². The second-order valence-corrected chi connectivity index (χ2v) is 9.91. The van der Waals surface area contributed by atoms with Crippen molar-refractivity contribution in [1.82, 2.24) is 20.9 Å². The topological polar surface area (TPSA) is 151 Å². The third-order valence-electron chi connectivity index (χ3n) is 6.29.